The van der Waals surface area contributed by atoms with Gasteiger partial charge in [0.1, 0.15) is 6.10 Å². The molecule has 2 saturated heterocycles. The highest BCUT2D eigenvalue weighted by Gasteiger charge is 2.29. The molecule has 0 spiro atoms. The molecule has 0 N–H and O–H groups in total. The van der Waals surface area contributed by atoms with Gasteiger partial charge in [-0.3, -0.25) is 4.79 Å². The summed E-state index contributed by atoms with van der Waals surface area (Å²) in [7, 11) is 0. The Morgan fingerprint density at radius 3 is 2.26 bits per heavy atom. The molecule has 1 atom stereocenters. The molecule has 7 nitrogen and oxygen atoms in total. The van der Waals surface area contributed by atoms with Crippen LogP contribution in [0.15, 0.2) is 12.7 Å². The van der Waals surface area contributed by atoms with Crippen molar-refractivity contribution in [3.05, 3.63) is 12.7 Å². The molecule has 2 rings (SSSR count). The summed E-state index contributed by atoms with van der Waals surface area (Å²) in [4.78, 5) is 30.1. The van der Waals surface area contributed by atoms with E-state index >= 15 is 0 Å². The van der Waals surface area contributed by atoms with Crippen molar-refractivity contribution >= 4 is 11.9 Å². The molecule has 7 heteroatoms. The minimum atomic E-state index is -0.448. The van der Waals surface area contributed by atoms with Crippen molar-refractivity contribution in [2.24, 2.45) is 0 Å². The molecule has 0 aromatic carbocycles. The van der Waals surface area contributed by atoms with Crippen molar-refractivity contribution in [2.45, 2.75) is 19.4 Å². The summed E-state index contributed by atoms with van der Waals surface area (Å²) >= 11 is 0. The average Bonchev–Trinajstić information content (AvgIpc) is 2.61. The van der Waals surface area contributed by atoms with Crippen LogP contribution in [0.2, 0.25) is 0 Å². The third-order valence-corrected chi connectivity index (χ3v) is 4.18. The van der Waals surface area contributed by atoms with Crippen molar-refractivity contribution in [3.8, 4) is 0 Å². The Hall–Kier alpha value is -1.60. The molecule has 3 amide bonds. The first-order chi connectivity index (χ1) is 11.1. The average molecular weight is 325 g/mol. The van der Waals surface area contributed by atoms with E-state index in [4.69, 9.17) is 9.47 Å². The standard InChI is InChI=1S/C16H27N3O4/c1-3-4-11-23-14(2)15(20)17-5-7-18(8-6-17)16(21)19-9-12-22-13-10-19/h3,14H,1,4-13H2,2H3. The first-order valence-corrected chi connectivity index (χ1v) is 8.26. The van der Waals surface area contributed by atoms with Crippen LogP contribution < -0.4 is 0 Å². The number of hydrogen-bond donors (Lipinski definition) is 0. The molecule has 0 bridgehead atoms. The number of carbonyl (C=O) groups excluding carboxylic acids is 2. The predicted molar refractivity (Wildman–Crippen MR) is 86.2 cm³/mol. The number of urea groups is 1. The molecule has 0 aromatic rings. The zero-order chi connectivity index (χ0) is 16.7. The Kier molecular flexibility index (Phi) is 6.85. The molecule has 0 aliphatic carbocycles. The second kappa shape index (κ2) is 8.88. The third kappa shape index (κ3) is 4.94. The van der Waals surface area contributed by atoms with Gasteiger partial charge in [-0.15, -0.1) is 6.58 Å². The van der Waals surface area contributed by atoms with E-state index in [9.17, 15) is 9.59 Å². The Labute approximate surface area is 137 Å². The molecule has 2 aliphatic heterocycles. The van der Waals surface area contributed by atoms with Gasteiger partial charge in [0.15, 0.2) is 0 Å². The molecule has 0 radical (unpaired) electrons. The van der Waals surface area contributed by atoms with Gasteiger partial charge in [-0.25, -0.2) is 4.79 Å². The van der Waals surface area contributed by atoms with Crippen LogP contribution in [0.3, 0.4) is 0 Å². The summed E-state index contributed by atoms with van der Waals surface area (Å²) in [5.74, 6) is -0.00691. The fraction of sp³-hybridized carbons (Fsp3) is 0.750. The Morgan fingerprint density at radius 1 is 1.09 bits per heavy atom. The molecule has 2 aliphatic rings. The molecule has 23 heavy (non-hydrogen) atoms. The fourth-order valence-corrected chi connectivity index (χ4v) is 2.73. The van der Waals surface area contributed by atoms with E-state index in [2.05, 4.69) is 6.58 Å². The van der Waals surface area contributed by atoms with Crippen LogP contribution in [0.25, 0.3) is 0 Å². The smallest absolute Gasteiger partial charge is 0.320 e. The van der Waals surface area contributed by atoms with Gasteiger partial charge in [-0.05, 0) is 13.3 Å². The Bertz CT molecular complexity index is 416. The Morgan fingerprint density at radius 2 is 1.65 bits per heavy atom. The van der Waals surface area contributed by atoms with Crippen molar-refractivity contribution in [1.29, 1.82) is 0 Å². The number of hydrogen-bond acceptors (Lipinski definition) is 4. The maximum absolute atomic E-state index is 12.4. The molecule has 0 aromatic heterocycles. The highest BCUT2D eigenvalue weighted by Crippen LogP contribution is 2.10. The van der Waals surface area contributed by atoms with Crippen molar-refractivity contribution < 1.29 is 19.1 Å². The fourth-order valence-electron chi connectivity index (χ4n) is 2.73. The number of rotatable bonds is 5. The van der Waals surface area contributed by atoms with E-state index in [0.29, 0.717) is 59.1 Å². The molecule has 0 saturated carbocycles. The second-order valence-corrected chi connectivity index (χ2v) is 5.78. The van der Waals surface area contributed by atoms with Crippen molar-refractivity contribution in [1.82, 2.24) is 14.7 Å². The van der Waals surface area contributed by atoms with Gasteiger partial charge in [-0.2, -0.15) is 0 Å². The van der Waals surface area contributed by atoms with Crippen LogP contribution in [0.1, 0.15) is 13.3 Å². The predicted octanol–water partition coefficient (Wildman–Crippen LogP) is 0.564. The van der Waals surface area contributed by atoms with E-state index in [1.165, 1.54) is 0 Å². The van der Waals surface area contributed by atoms with Gasteiger partial charge < -0.3 is 24.2 Å². The van der Waals surface area contributed by atoms with Crippen LogP contribution >= 0.6 is 0 Å². The lowest BCUT2D eigenvalue weighted by molar-refractivity contribution is -0.144. The number of ether oxygens (including phenoxy) is 2. The van der Waals surface area contributed by atoms with E-state index in [1.54, 1.807) is 17.9 Å². The van der Waals surface area contributed by atoms with Crippen LogP contribution in [-0.4, -0.2) is 91.8 Å². The van der Waals surface area contributed by atoms with Crippen LogP contribution in [0.4, 0.5) is 4.79 Å². The summed E-state index contributed by atoms with van der Waals surface area (Å²) in [6.07, 6.45) is 2.06. The highest BCUT2D eigenvalue weighted by molar-refractivity contribution is 5.81. The summed E-state index contributed by atoms with van der Waals surface area (Å²) in [6, 6.07) is 0.0516. The van der Waals surface area contributed by atoms with Crippen molar-refractivity contribution in [2.75, 3.05) is 59.1 Å². The maximum Gasteiger partial charge on any atom is 0.320 e. The lowest BCUT2D eigenvalue weighted by Crippen LogP contribution is -2.56. The molecule has 2 heterocycles. The third-order valence-electron chi connectivity index (χ3n) is 4.18. The van der Waals surface area contributed by atoms with E-state index in [-0.39, 0.29) is 11.9 Å². The highest BCUT2D eigenvalue weighted by atomic mass is 16.5. The van der Waals surface area contributed by atoms with E-state index < -0.39 is 6.10 Å². The summed E-state index contributed by atoms with van der Waals surface area (Å²) < 4.78 is 10.8. The van der Waals surface area contributed by atoms with Gasteiger partial charge in [-0.1, -0.05) is 6.08 Å². The molecular weight excluding hydrogens is 298 g/mol. The van der Waals surface area contributed by atoms with Gasteiger partial charge in [0, 0.05) is 39.3 Å². The van der Waals surface area contributed by atoms with Crippen LogP contribution in [-0.2, 0) is 14.3 Å². The number of piperazine rings is 1. The first-order valence-electron chi connectivity index (χ1n) is 8.26. The van der Waals surface area contributed by atoms with Gasteiger partial charge in [0.05, 0.1) is 19.8 Å². The molecule has 1 unspecified atom stereocenters. The maximum atomic E-state index is 12.4. The number of morpholine rings is 1. The Balaban J connectivity index is 1.75. The van der Waals surface area contributed by atoms with Crippen LogP contribution in [0.5, 0.6) is 0 Å². The number of nitrogens with zero attached hydrogens (tertiary/aromatic N) is 3. The number of carbonyl (C=O) groups is 2. The van der Waals surface area contributed by atoms with Gasteiger partial charge in [0.25, 0.3) is 5.91 Å². The summed E-state index contributed by atoms with van der Waals surface area (Å²) in [6.45, 7) is 10.7. The number of amides is 3. The SMILES string of the molecule is C=CCCOC(C)C(=O)N1CCN(C(=O)N2CCOCC2)CC1. The molecule has 130 valence electrons. The van der Waals surface area contributed by atoms with Gasteiger partial charge in [0.2, 0.25) is 0 Å². The normalized spacial score (nSPS) is 20.3. The van der Waals surface area contributed by atoms with E-state index in [0.717, 1.165) is 6.42 Å². The van der Waals surface area contributed by atoms with Crippen LogP contribution in [0, 0.1) is 0 Å². The lowest BCUT2D eigenvalue weighted by atomic mass is 10.2. The van der Waals surface area contributed by atoms with Gasteiger partial charge >= 0.3 is 6.03 Å². The largest absolute Gasteiger partial charge is 0.378 e. The monoisotopic (exact) mass is 325 g/mol. The lowest BCUT2D eigenvalue weighted by Gasteiger charge is -2.39. The second-order valence-electron chi connectivity index (χ2n) is 5.78. The summed E-state index contributed by atoms with van der Waals surface area (Å²) in [5, 5.41) is 0. The quantitative estimate of drug-likeness (QED) is 0.547. The zero-order valence-electron chi connectivity index (χ0n) is 13.9. The molecule has 2 fully saturated rings. The minimum absolute atomic E-state index is 0.00691. The van der Waals surface area contributed by atoms with E-state index in [1.807, 2.05) is 9.80 Å². The topological polar surface area (TPSA) is 62.3 Å². The zero-order valence-corrected chi connectivity index (χ0v) is 13.9. The summed E-state index contributed by atoms with van der Waals surface area (Å²) in [5.41, 5.74) is 0. The van der Waals surface area contributed by atoms with Crippen molar-refractivity contribution in [3.63, 3.8) is 0 Å². The minimum Gasteiger partial charge on any atom is -0.378 e. The molecular formula is C16H27N3O4. The first kappa shape index (κ1) is 17.7.